The maximum atomic E-state index is 13.6. The van der Waals surface area contributed by atoms with E-state index >= 15 is 0 Å². The fourth-order valence-corrected chi connectivity index (χ4v) is 2.78. The lowest BCUT2D eigenvalue weighted by atomic mass is 9.89. The first kappa shape index (κ1) is 19.3. The monoisotopic (exact) mass is 395 g/mol. The number of carbonyl (C=O) groups is 3. The second-order valence-electron chi connectivity index (χ2n) is 6.03. The number of amides is 3. The van der Waals surface area contributed by atoms with Gasteiger partial charge in [-0.3, -0.25) is 14.4 Å². The summed E-state index contributed by atoms with van der Waals surface area (Å²) in [6.45, 7) is -0.605. The molecule has 1 atom stereocenters. The molecule has 0 radical (unpaired) electrons. The van der Waals surface area contributed by atoms with Gasteiger partial charge in [0.25, 0.3) is 0 Å². The SMILES string of the molecule is O=C1C[C@H](C(=O)NCC(=O)Nc2ccc(F)c(F)c2F)c2ccc(F)cc2N1. The molecule has 0 spiro atoms. The van der Waals surface area contributed by atoms with Crippen molar-refractivity contribution in [1.29, 1.82) is 0 Å². The first-order chi connectivity index (χ1) is 13.3. The zero-order valence-corrected chi connectivity index (χ0v) is 14.1. The summed E-state index contributed by atoms with van der Waals surface area (Å²) in [4.78, 5) is 36.0. The normalized spacial score (nSPS) is 15.4. The van der Waals surface area contributed by atoms with Gasteiger partial charge in [0.2, 0.25) is 17.7 Å². The third kappa shape index (κ3) is 3.95. The van der Waals surface area contributed by atoms with Crippen LogP contribution in [0.3, 0.4) is 0 Å². The fourth-order valence-electron chi connectivity index (χ4n) is 2.78. The number of carbonyl (C=O) groups excluding carboxylic acids is 3. The van der Waals surface area contributed by atoms with E-state index in [1.165, 1.54) is 6.07 Å². The Morgan fingerprint density at radius 1 is 1.07 bits per heavy atom. The van der Waals surface area contributed by atoms with Crippen LogP contribution in [-0.2, 0) is 14.4 Å². The first-order valence-corrected chi connectivity index (χ1v) is 8.06. The van der Waals surface area contributed by atoms with Gasteiger partial charge in [-0.2, -0.15) is 0 Å². The van der Waals surface area contributed by atoms with Crippen molar-refractivity contribution in [2.75, 3.05) is 17.2 Å². The predicted octanol–water partition coefficient (Wildman–Crippen LogP) is 2.42. The highest BCUT2D eigenvalue weighted by Gasteiger charge is 2.31. The topological polar surface area (TPSA) is 87.3 Å². The van der Waals surface area contributed by atoms with Gasteiger partial charge in [0.15, 0.2) is 17.5 Å². The van der Waals surface area contributed by atoms with Crippen LogP contribution in [0.15, 0.2) is 30.3 Å². The largest absolute Gasteiger partial charge is 0.346 e. The predicted molar refractivity (Wildman–Crippen MR) is 90.3 cm³/mol. The summed E-state index contributed by atoms with van der Waals surface area (Å²) in [6.07, 6.45) is -0.204. The van der Waals surface area contributed by atoms with Crippen molar-refractivity contribution < 1.29 is 31.9 Å². The van der Waals surface area contributed by atoms with E-state index in [0.29, 0.717) is 11.6 Å². The minimum atomic E-state index is -1.74. The van der Waals surface area contributed by atoms with Crippen LogP contribution in [-0.4, -0.2) is 24.3 Å². The molecule has 3 rings (SSSR count). The molecule has 10 heteroatoms. The number of fused-ring (bicyclic) bond motifs is 1. The zero-order valence-electron chi connectivity index (χ0n) is 14.1. The number of rotatable bonds is 4. The van der Waals surface area contributed by atoms with Crippen LogP contribution in [0.1, 0.15) is 17.9 Å². The van der Waals surface area contributed by atoms with E-state index in [-0.39, 0.29) is 12.1 Å². The van der Waals surface area contributed by atoms with Gasteiger partial charge < -0.3 is 16.0 Å². The van der Waals surface area contributed by atoms with Crippen molar-refractivity contribution in [2.24, 2.45) is 0 Å². The lowest BCUT2D eigenvalue weighted by molar-refractivity contribution is -0.127. The van der Waals surface area contributed by atoms with Crippen LogP contribution < -0.4 is 16.0 Å². The smallest absolute Gasteiger partial charge is 0.243 e. The molecule has 146 valence electrons. The minimum absolute atomic E-state index is 0.157. The van der Waals surface area contributed by atoms with E-state index in [9.17, 15) is 31.9 Å². The van der Waals surface area contributed by atoms with Gasteiger partial charge >= 0.3 is 0 Å². The fraction of sp³-hybridized carbons (Fsp3) is 0.167. The molecule has 0 aromatic heterocycles. The van der Waals surface area contributed by atoms with Crippen molar-refractivity contribution in [1.82, 2.24) is 5.32 Å². The van der Waals surface area contributed by atoms with Gasteiger partial charge in [0.05, 0.1) is 18.2 Å². The molecule has 0 saturated carbocycles. The zero-order chi connectivity index (χ0) is 20.4. The van der Waals surface area contributed by atoms with E-state index in [1.54, 1.807) is 0 Å². The van der Waals surface area contributed by atoms with Crippen LogP contribution in [0.5, 0.6) is 0 Å². The van der Waals surface area contributed by atoms with Crippen molar-refractivity contribution in [3.8, 4) is 0 Å². The Balaban J connectivity index is 1.65. The Morgan fingerprint density at radius 3 is 2.57 bits per heavy atom. The van der Waals surface area contributed by atoms with E-state index < -0.39 is 59.1 Å². The summed E-state index contributed by atoms with van der Waals surface area (Å²) < 4.78 is 52.9. The highest BCUT2D eigenvalue weighted by molar-refractivity contribution is 6.02. The Bertz CT molecular complexity index is 981. The highest BCUT2D eigenvalue weighted by atomic mass is 19.2. The number of hydrogen-bond donors (Lipinski definition) is 3. The van der Waals surface area contributed by atoms with E-state index in [1.807, 2.05) is 5.32 Å². The molecule has 0 fully saturated rings. The van der Waals surface area contributed by atoms with Crippen molar-refractivity contribution in [3.63, 3.8) is 0 Å². The molecule has 6 nitrogen and oxygen atoms in total. The van der Waals surface area contributed by atoms with Crippen LogP contribution >= 0.6 is 0 Å². The molecule has 28 heavy (non-hydrogen) atoms. The summed E-state index contributed by atoms with van der Waals surface area (Å²) in [5, 5.41) is 6.74. The molecular formula is C18H13F4N3O3. The quantitative estimate of drug-likeness (QED) is 0.549. The minimum Gasteiger partial charge on any atom is -0.346 e. The molecule has 1 aliphatic rings. The molecule has 0 unspecified atom stereocenters. The molecular weight excluding hydrogens is 382 g/mol. The summed E-state index contributed by atoms with van der Waals surface area (Å²) in [5.74, 6) is -8.31. The molecule has 0 aliphatic carbocycles. The number of nitrogens with one attached hydrogen (secondary N) is 3. The molecule has 2 aromatic rings. The van der Waals surface area contributed by atoms with Gasteiger partial charge in [-0.05, 0) is 29.8 Å². The summed E-state index contributed by atoms with van der Waals surface area (Å²) in [6, 6.07) is 5.04. The second-order valence-corrected chi connectivity index (χ2v) is 6.03. The lowest BCUT2D eigenvalue weighted by Crippen LogP contribution is -2.39. The standard InChI is InChI=1S/C18H13F4N3O3/c19-8-1-2-9-10(6-14(26)25-13(9)5-8)18(28)23-7-15(27)24-12-4-3-11(20)16(21)17(12)22/h1-5,10H,6-7H2,(H,23,28)(H,24,27)(H,25,26)/t10-/m0/s1. The summed E-state index contributed by atoms with van der Waals surface area (Å²) in [5.41, 5.74) is -0.0497. The Kier molecular flexibility index (Phi) is 5.30. The van der Waals surface area contributed by atoms with Crippen molar-refractivity contribution in [3.05, 3.63) is 59.2 Å². The van der Waals surface area contributed by atoms with Crippen molar-refractivity contribution in [2.45, 2.75) is 12.3 Å². The van der Waals surface area contributed by atoms with Gasteiger partial charge in [0, 0.05) is 12.1 Å². The number of anilines is 2. The highest BCUT2D eigenvalue weighted by Crippen LogP contribution is 2.32. The van der Waals surface area contributed by atoms with Gasteiger partial charge in [-0.1, -0.05) is 6.07 Å². The molecule has 2 aromatic carbocycles. The van der Waals surface area contributed by atoms with Gasteiger partial charge in [0.1, 0.15) is 5.82 Å². The summed E-state index contributed by atoms with van der Waals surface area (Å²) in [7, 11) is 0. The van der Waals surface area contributed by atoms with Crippen LogP contribution in [0, 0.1) is 23.3 Å². The average molecular weight is 395 g/mol. The molecule has 0 bridgehead atoms. The molecule has 3 amide bonds. The third-order valence-corrected chi connectivity index (χ3v) is 4.10. The van der Waals surface area contributed by atoms with Crippen LogP contribution in [0.4, 0.5) is 28.9 Å². The number of benzene rings is 2. The van der Waals surface area contributed by atoms with E-state index in [2.05, 4.69) is 10.6 Å². The molecule has 3 N–H and O–H groups in total. The molecule has 1 aliphatic heterocycles. The van der Waals surface area contributed by atoms with Gasteiger partial charge in [-0.15, -0.1) is 0 Å². The first-order valence-electron chi connectivity index (χ1n) is 8.06. The van der Waals surface area contributed by atoms with E-state index in [4.69, 9.17) is 0 Å². The molecule has 1 heterocycles. The lowest BCUT2D eigenvalue weighted by Gasteiger charge is -2.24. The maximum Gasteiger partial charge on any atom is 0.243 e. The average Bonchev–Trinajstić information content (AvgIpc) is 2.65. The Labute approximate surface area is 155 Å². The Hall–Kier alpha value is -3.43. The van der Waals surface area contributed by atoms with E-state index in [0.717, 1.165) is 18.2 Å². The number of hydrogen-bond acceptors (Lipinski definition) is 3. The van der Waals surface area contributed by atoms with Gasteiger partial charge in [-0.25, -0.2) is 17.6 Å². The molecule has 0 saturated heterocycles. The van der Waals surface area contributed by atoms with Crippen molar-refractivity contribution >= 4 is 29.1 Å². The van der Waals surface area contributed by atoms with Crippen LogP contribution in [0.2, 0.25) is 0 Å². The van der Waals surface area contributed by atoms with Crippen LogP contribution in [0.25, 0.3) is 0 Å². The Morgan fingerprint density at radius 2 is 1.82 bits per heavy atom. The third-order valence-electron chi connectivity index (χ3n) is 4.10. The summed E-state index contributed by atoms with van der Waals surface area (Å²) >= 11 is 0. The second kappa shape index (κ2) is 7.67. The maximum absolute atomic E-state index is 13.6. The number of halogens is 4.